The van der Waals surface area contributed by atoms with Crippen LogP contribution < -0.4 is 10.6 Å². The Labute approximate surface area is 153 Å². The molecule has 2 aliphatic rings. The third-order valence-electron chi connectivity index (χ3n) is 5.91. The van der Waals surface area contributed by atoms with Crippen LogP contribution in [0.25, 0.3) is 0 Å². The van der Waals surface area contributed by atoms with Gasteiger partial charge in [-0.3, -0.25) is 4.79 Å². The Hall–Kier alpha value is -1.95. The summed E-state index contributed by atoms with van der Waals surface area (Å²) in [7, 11) is 0. The van der Waals surface area contributed by atoms with E-state index < -0.39 is 6.09 Å². The molecule has 4 atom stereocenters. The summed E-state index contributed by atoms with van der Waals surface area (Å²) in [5.41, 5.74) is 5.80. The standard InChI is InChI=1S/C20H27FN2O3/c21-15-9-7-14(8-10-15)18(24)6-3-12-23-13-11-19(26-20(22)25)16-4-1-2-5-17(16)23/h7-10,16-17,19H,1-6,11-13H2,(H2,22,25)/p+1/t16-,17-,19-/m0/s1. The molecule has 1 saturated heterocycles. The number of likely N-dealkylation sites (tertiary alicyclic amines) is 1. The number of carbonyl (C=O) groups excluding carboxylic acids is 2. The number of amides is 1. The van der Waals surface area contributed by atoms with Crippen molar-refractivity contribution in [3.63, 3.8) is 0 Å². The molecule has 1 aromatic carbocycles. The smallest absolute Gasteiger partial charge is 0.404 e. The van der Waals surface area contributed by atoms with Gasteiger partial charge >= 0.3 is 6.09 Å². The van der Waals surface area contributed by atoms with E-state index in [9.17, 15) is 14.0 Å². The van der Waals surface area contributed by atoms with Crippen molar-refractivity contribution >= 4 is 11.9 Å². The molecule has 1 aromatic rings. The predicted octanol–water partition coefficient (Wildman–Crippen LogP) is 2.10. The molecular formula is C20H28FN2O3+. The third-order valence-corrected chi connectivity index (χ3v) is 5.91. The Balaban J connectivity index is 1.52. The van der Waals surface area contributed by atoms with Crippen LogP contribution in [0.1, 0.15) is 55.3 Å². The molecule has 0 radical (unpaired) electrons. The topological polar surface area (TPSA) is 73.8 Å². The van der Waals surface area contributed by atoms with Gasteiger partial charge in [-0.1, -0.05) is 6.42 Å². The van der Waals surface area contributed by atoms with Gasteiger partial charge in [0.15, 0.2) is 5.78 Å². The lowest BCUT2D eigenvalue weighted by Gasteiger charge is -2.44. The van der Waals surface area contributed by atoms with Gasteiger partial charge in [-0.25, -0.2) is 9.18 Å². The van der Waals surface area contributed by atoms with Gasteiger partial charge in [0.1, 0.15) is 11.9 Å². The highest BCUT2D eigenvalue weighted by Gasteiger charge is 2.43. The highest BCUT2D eigenvalue weighted by molar-refractivity contribution is 5.95. The molecule has 142 valence electrons. The number of carbonyl (C=O) groups is 2. The fourth-order valence-electron chi connectivity index (χ4n) is 4.70. The largest absolute Gasteiger partial charge is 0.446 e. The lowest BCUT2D eigenvalue weighted by molar-refractivity contribution is -0.937. The molecule has 2 fully saturated rings. The second-order valence-electron chi connectivity index (χ2n) is 7.51. The Kier molecular flexibility index (Phi) is 6.25. The Morgan fingerprint density at radius 2 is 1.88 bits per heavy atom. The zero-order chi connectivity index (χ0) is 18.5. The summed E-state index contributed by atoms with van der Waals surface area (Å²) in [6, 6.07) is 6.24. The van der Waals surface area contributed by atoms with Crippen molar-refractivity contribution in [2.45, 2.75) is 57.1 Å². The lowest BCUT2D eigenvalue weighted by atomic mass is 9.76. The number of nitrogens with two attached hydrogens (primary N) is 1. The van der Waals surface area contributed by atoms with E-state index in [1.54, 1.807) is 12.1 Å². The molecule has 0 aromatic heterocycles. The maximum atomic E-state index is 13.0. The van der Waals surface area contributed by atoms with Gasteiger partial charge in [0.2, 0.25) is 0 Å². The van der Waals surface area contributed by atoms with Crippen LogP contribution in [0.5, 0.6) is 0 Å². The number of fused-ring (bicyclic) bond motifs is 1. The van der Waals surface area contributed by atoms with Crippen molar-refractivity contribution in [3.05, 3.63) is 35.6 Å². The predicted molar refractivity (Wildman–Crippen MR) is 95.5 cm³/mol. The summed E-state index contributed by atoms with van der Waals surface area (Å²) in [5, 5.41) is 0. The number of hydrogen-bond acceptors (Lipinski definition) is 3. The molecule has 1 saturated carbocycles. The average molecular weight is 363 g/mol. The maximum absolute atomic E-state index is 13.0. The molecule has 0 bridgehead atoms. The van der Waals surface area contributed by atoms with Crippen molar-refractivity contribution in [1.29, 1.82) is 0 Å². The first kappa shape index (κ1) is 18.8. The molecule has 1 aliphatic heterocycles. The fourth-order valence-corrected chi connectivity index (χ4v) is 4.70. The number of piperidine rings is 1. The van der Waals surface area contributed by atoms with Gasteiger partial charge < -0.3 is 15.4 Å². The maximum Gasteiger partial charge on any atom is 0.404 e. The fraction of sp³-hybridized carbons (Fsp3) is 0.600. The SMILES string of the molecule is NC(=O)O[C@H]1CC[NH+](CCCC(=O)c2ccc(F)cc2)[C@H]2CCCC[C@H]12. The van der Waals surface area contributed by atoms with Gasteiger partial charge in [0, 0.05) is 30.7 Å². The molecule has 5 nitrogen and oxygen atoms in total. The number of ketones is 1. The first-order valence-corrected chi connectivity index (χ1v) is 9.64. The number of halogens is 1. The zero-order valence-electron chi connectivity index (χ0n) is 15.1. The van der Waals surface area contributed by atoms with Gasteiger partial charge in [0.05, 0.1) is 19.1 Å². The van der Waals surface area contributed by atoms with E-state index in [0.717, 1.165) is 38.8 Å². The van der Waals surface area contributed by atoms with E-state index >= 15 is 0 Å². The van der Waals surface area contributed by atoms with E-state index in [1.165, 1.54) is 29.9 Å². The number of nitrogens with one attached hydrogen (secondary N) is 1. The highest BCUT2D eigenvalue weighted by atomic mass is 19.1. The van der Waals surface area contributed by atoms with Gasteiger partial charge in [-0.15, -0.1) is 0 Å². The number of ether oxygens (including phenoxy) is 1. The van der Waals surface area contributed by atoms with Crippen molar-refractivity contribution in [3.8, 4) is 0 Å². The second kappa shape index (κ2) is 8.62. The molecule has 0 spiro atoms. The van der Waals surface area contributed by atoms with E-state index in [1.807, 2.05) is 0 Å². The monoisotopic (exact) mass is 363 g/mol. The van der Waals surface area contributed by atoms with Crippen LogP contribution in [-0.2, 0) is 4.74 Å². The minimum Gasteiger partial charge on any atom is -0.446 e. The second-order valence-corrected chi connectivity index (χ2v) is 7.51. The number of primary amides is 1. The summed E-state index contributed by atoms with van der Waals surface area (Å²) in [6.07, 6.45) is 6.02. The third kappa shape index (κ3) is 4.61. The van der Waals surface area contributed by atoms with Gasteiger partial charge in [0.25, 0.3) is 0 Å². The number of benzene rings is 1. The number of rotatable bonds is 6. The molecule has 1 aliphatic carbocycles. The van der Waals surface area contributed by atoms with Gasteiger partial charge in [-0.2, -0.15) is 0 Å². The molecule has 3 N–H and O–H groups in total. The zero-order valence-corrected chi connectivity index (χ0v) is 15.1. The van der Waals surface area contributed by atoms with Crippen molar-refractivity contribution < 1.29 is 23.6 Å². The van der Waals surface area contributed by atoms with Crippen LogP contribution in [0.3, 0.4) is 0 Å². The van der Waals surface area contributed by atoms with Crippen LogP contribution in [0.2, 0.25) is 0 Å². The summed E-state index contributed by atoms with van der Waals surface area (Å²) in [4.78, 5) is 24.9. The summed E-state index contributed by atoms with van der Waals surface area (Å²) in [5.74, 6) is 0.125. The molecule has 26 heavy (non-hydrogen) atoms. The molecule has 1 heterocycles. The first-order valence-electron chi connectivity index (χ1n) is 9.64. The van der Waals surface area contributed by atoms with Crippen LogP contribution in [-0.4, -0.2) is 37.1 Å². The van der Waals surface area contributed by atoms with Crippen LogP contribution in [0, 0.1) is 11.7 Å². The Bertz CT molecular complexity index is 634. The molecular weight excluding hydrogens is 335 g/mol. The first-order chi connectivity index (χ1) is 12.5. The summed E-state index contributed by atoms with van der Waals surface area (Å²) >= 11 is 0. The van der Waals surface area contributed by atoms with Crippen molar-refractivity contribution in [2.24, 2.45) is 11.7 Å². The molecule has 1 amide bonds. The quantitative estimate of drug-likeness (QED) is 0.760. The average Bonchev–Trinajstić information content (AvgIpc) is 2.63. The number of hydrogen-bond donors (Lipinski definition) is 2. The minimum absolute atomic E-state index is 0.0533. The van der Waals surface area contributed by atoms with Crippen LogP contribution in [0.15, 0.2) is 24.3 Å². The number of quaternary nitrogens is 1. The number of Topliss-reactive ketones (excluding diaryl/α,β-unsaturated/α-hetero) is 1. The Morgan fingerprint density at radius 3 is 2.62 bits per heavy atom. The van der Waals surface area contributed by atoms with Crippen molar-refractivity contribution in [2.75, 3.05) is 13.1 Å². The van der Waals surface area contributed by atoms with E-state index in [4.69, 9.17) is 10.5 Å². The highest BCUT2D eigenvalue weighted by Crippen LogP contribution is 2.30. The molecule has 6 heteroatoms. The lowest BCUT2D eigenvalue weighted by Crippen LogP contribution is -3.18. The van der Waals surface area contributed by atoms with Crippen LogP contribution in [0.4, 0.5) is 9.18 Å². The minimum atomic E-state index is -0.673. The van der Waals surface area contributed by atoms with E-state index in [2.05, 4.69) is 0 Å². The molecule has 3 rings (SSSR count). The summed E-state index contributed by atoms with van der Waals surface area (Å²) in [6.45, 7) is 1.89. The summed E-state index contributed by atoms with van der Waals surface area (Å²) < 4.78 is 18.3. The normalized spacial score (nSPS) is 28.2. The Morgan fingerprint density at radius 1 is 1.15 bits per heavy atom. The van der Waals surface area contributed by atoms with E-state index in [-0.39, 0.29) is 17.7 Å². The van der Waals surface area contributed by atoms with Gasteiger partial charge in [-0.05, 0) is 43.5 Å². The van der Waals surface area contributed by atoms with Crippen LogP contribution >= 0.6 is 0 Å². The molecule has 1 unspecified atom stereocenters. The van der Waals surface area contributed by atoms with E-state index in [0.29, 0.717) is 23.9 Å². The van der Waals surface area contributed by atoms with Crippen molar-refractivity contribution in [1.82, 2.24) is 0 Å².